The fourth-order valence-electron chi connectivity index (χ4n) is 4.94. The van der Waals surface area contributed by atoms with Crippen LogP contribution in [-0.4, -0.2) is 61.0 Å². The third-order valence-corrected chi connectivity index (χ3v) is 7.62. The lowest BCUT2D eigenvalue weighted by Gasteiger charge is -2.40. The minimum Gasteiger partial charge on any atom is -0.487 e. The molecule has 0 saturated carbocycles. The Labute approximate surface area is 230 Å². The molecule has 5 rings (SSSR count). The predicted octanol–water partition coefficient (Wildman–Crippen LogP) is 4.46. The van der Waals surface area contributed by atoms with Crippen LogP contribution in [-0.2, 0) is 23.2 Å². The highest BCUT2D eigenvalue weighted by Gasteiger charge is 2.37. The van der Waals surface area contributed by atoms with Crippen molar-refractivity contribution < 1.29 is 18.7 Å². The maximum atomic E-state index is 14.5. The molecule has 2 atom stereocenters. The molecule has 2 aromatic carbocycles. The number of carbonyl (C=O) groups excluding carboxylic acids is 2. The zero-order valence-electron chi connectivity index (χ0n) is 22.3. The number of carbonyl (C=O) groups is 2. The second kappa shape index (κ2) is 10.3. The van der Waals surface area contributed by atoms with Crippen LogP contribution in [0, 0.1) is 12.7 Å². The molecular formula is C28H28ClFN6O3. The van der Waals surface area contributed by atoms with Crippen molar-refractivity contribution in [2.24, 2.45) is 7.05 Å². The molecule has 3 heterocycles. The highest BCUT2D eigenvalue weighted by atomic mass is 35.5. The molecule has 39 heavy (non-hydrogen) atoms. The summed E-state index contributed by atoms with van der Waals surface area (Å²) in [4.78, 5) is 37.5. The molecule has 2 amide bonds. The number of aryl methyl sites for hydroxylation is 2. The van der Waals surface area contributed by atoms with E-state index < -0.39 is 17.9 Å². The van der Waals surface area contributed by atoms with Gasteiger partial charge in [0.1, 0.15) is 42.6 Å². The maximum absolute atomic E-state index is 14.5. The van der Waals surface area contributed by atoms with Crippen molar-refractivity contribution >= 4 is 34.3 Å². The number of hydrogen-bond acceptors (Lipinski definition) is 6. The topological polar surface area (TPSA) is 93.5 Å². The molecule has 1 fully saturated rings. The minimum absolute atomic E-state index is 0.00174. The zero-order chi connectivity index (χ0) is 28.0. The number of rotatable bonds is 6. The molecule has 0 aliphatic carbocycles. The molecule has 0 N–H and O–H groups in total. The van der Waals surface area contributed by atoms with Crippen molar-refractivity contribution in [2.75, 3.05) is 13.6 Å². The first kappa shape index (κ1) is 26.6. The number of piperazine rings is 1. The van der Waals surface area contributed by atoms with Crippen LogP contribution in [0.25, 0.3) is 22.3 Å². The van der Waals surface area contributed by atoms with Crippen molar-refractivity contribution in [2.45, 2.75) is 39.5 Å². The Bertz CT molecular complexity index is 1610. The number of pyridine rings is 1. The van der Waals surface area contributed by atoms with Gasteiger partial charge in [-0.15, -0.1) is 0 Å². The molecule has 0 spiro atoms. The van der Waals surface area contributed by atoms with Gasteiger partial charge in [-0.1, -0.05) is 23.7 Å². The van der Waals surface area contributed by atoms with Gasteiger partial charge < -0.3 is 14.5 Å². The summed E-state index contributed by atoms with van der Waals surface area (Å²) in [6.07, 6.45) is 1.50. The van der Waals surface area contributed by atoms with Gasteiger partial charge in [-0.05, 0) is 50.6 Å². The number of para-hydroxylation sites is 1. The average Bonchev–Trinajstić information content (AvgIpc) is 3.33. The zero-order valence-corrected chi connectivity index (χ0v) is 23.0. The average molecular weight is 551 g/mol. The third-order valence-electron chi connectivity index (χ3n) is 7.29. The molecular weight excluding hydrogens is 523 g/mol. The first-order chi connectivity index (χ1) is 18.6. The summed E-state index contributed by atoms with van der Waals surface area (Å²) in [6, 6.07) is 8.88. The number of hydrogen-bond donors (Lipinski definition) is 0. The molecule has 4 aromatic rings. The van der Waals surface area contributed by atoms with Gasteiger partial charge in [0.15, 0.2) is 5.82 Å². The molecule has 0 unspecified atom stereocenters. The smallest absolute Gasteiger partial charge is 0.246 e. The summed E-state index contributed by atoms with van der Waals surface area (Å²) in [5.41, 5.74) is 3.28. The van der Waals surface area contributed by atoms with Gasteiger partial charge in [0.05, 0.1) is 11.1 Å². The minimum atomic E-state index is -0.620. The van der Waals surface area contributed by atoms with E-state index in [0.29, 0.717) is 28.2 Å². The van der Waals surface area contributed by atoms with Gasteiger partial charge >= 0.3 is 0 Å². The fraction of sp³-hybridized carbons (Fsp3) is 0.321. The Kier molecular flexibility index (Phi) is 6.98. The largest absolute Gasteiger partial charge is 0.487 e. The molecule has 9 nitrogen and oxygen atoms in total. The molecule has 1 aliphatic rings. The van der Waals surface area contributed by atoms with E-state index in [1.165, 1.54) is 28.3 Å². The van der Waals surface area contributed by atoms with Crippen LogP contribution in [0.4, 0.5) is 4.39 Å². The molecule has 0 bridgehead atoms. The quantitative estimate of drug-likeness (QED) is 0.352. The number of nitrogens with zero attached hydrogens (tertiary/aromatic N) is 6. The maximum Gasteiger partial charge on any atom is 0.246 e. The highest BCUT2D eigenvalue weighted by Crippen LogP contribution is 2.35. The van der Waals surface area contributed by atoms with Crippen LogP contribution >= 0.6 is 11.6 Å². The van der Waals surface area contributed by atoms with Gasteiger partial charge in [-0.3, -0.25) is 9.59 Å². The predicted molar refractivity (Wildman–Crippen MR) is 145 cm³/mol. The summed E-state index contributed by atoms with van der Waals surface area (Å²) in [7, 11) is 3.42. The Hall–Kier alpha value is -4.05. The monoisotopic (exact) mass is 550 g/mol. The first-order valence-electron chi connectivity index (χ1n) is 12.5. The van der Waals surface area contributed by atoms with Gasteiger partial charge in [-0.2, -0.15) is 5.10 Å². The molecule has 11 heteroatoms. The number of aromatic nitrogens is 4. The lowest BCUT2D eigenvalue weighted by Crippen LogP contribution is -2.57. The summed E-state index contributed by atoms with van der Waals surface area (Å²) < 4.78 is 22.5. The summed E-state index contributed by atoms with van der Waals surface area (Å²) in [5.74, 6) is 0.258. The number of halogens is 2. The van der Waals surface area contributed by atoms with Crippen molar-refractivity contribution in [1.82, 2.24) is 29.5 Å². The normalized spacial score (nSPS) is 16.7. The van der Waals surface area contributed by atoms with E-state index in [0.717, 1.165) is 16.6 Å². The van der Waals surface area contributed by atoms with Gasteiger partial charge in [0.2, 0.25) is 11.8 Å². The summed E-state index contributed by atoms with van der Waals surface area (Å²) >= 11 is 6.52. The third kappa shape index (κ3) is 4.80. The van der Waals surface area contributed by atoms with Crippen molar-refractivity contribution in [3.63, 3.8) is 0 Å². The van der Waals surface area contributed by atoms with E-state index in [1.54, 1.807) is 31.6 Å². The number of likely N-dealkylation sites (N-methyl/N-ethyl adjacent to an activating group) is 1. The Morgan fingerprint density at radius 3 is 2.69 bits per heavy atom. The molecule has 202 valence electrons. The Balaban J connectivity index is 1.51. The van der Waals surface area contributed by atoms with E-state index in [9.17, 15) is 14.0 Å². The van der Waals surface area contributed by atoms with Crippen molar-refractivity contribution in [3.8, 4) is 17.1 Å². The second-order valence-electron chi connectivity index (χ2n) is 9.74. The fourth-order valence-corrected chi connectivity index (χ4v) is 5.21. The standard InChI is InChI=1S/C28H28ClFN6O3/c1-15-9-21(27-31-14-32-35(27)5)19-7-6-8-24(26(19)33-15)39-13-22-20(10-18(30)11-23(22)29)16(2)36-12-25(37)34(4)17(3)28(36)38/h6-11,14,16-17H,12-13H2,1-5H3/t16-,17-/m0/s1. The number of fused-ring (bicyclic) bond motifs is 1. The highest BCUT2D eigenvalue weighted by molar-refractivity contribution is 6.31. The van der Waals surface area contributed by atoms with E-state index >= 15 is 0 Å². The van der Waals surface area contributed by atoms with Crippen molar-refractivity contribution in [3.05, 3.63) is 70.4 Å². The molecule has 0 radical (unpaired) electrons. The molecule has 1 saturated heterocycles. The second-order valence-corrected chi connectivity index (χ2v) is 10.1. The SMILES string of the molecule is Cc1cc(-c2ncnn2C)c2cccc(OCc3c(Cl)cc(F)cc3[C@H](C)N3CC(=O)N(C)[C@@H](C)C3=O)c2n1. The van der Waals surface area contributed by atoms with E-state index in [-0.39, 0.29) is 30.0 Å². The van der Waals surface area contributed by atoms with Gasteiger partial charge in [0.25, 0.3) is 0 Å². The number of benzene rings is 2. The van der Waals surface area contributed by atoms with Crippen LogP contribution < -0.4 is 4.74 Å². The van der Waals surface area contributed by atoms with Crippen LogP contribution in [0.2, 0.25) is 5.02 Å². The van der Waals surface area contributed by atoms with Crippen LogP contribution in [0.3, 0.4) is 0 Å². The van der Waals surface area contributed by atoms with E-state index in [4.69, 9.17) is 21.3 Å². The Morgan fingerprint density at radius 2 is 1.97 bits per heavy atom. The molecule has 1 aliphatic heterocycles. The van der Waals surface area contributed by atoms with Crippen LogP contribution in [0.15, 0.2) is 42.7 Å². The summed E-state index contributed by atoms with van der Waals surface area (Å²) in [5, 5.41) is 5.19. The number of ether oxygens (including phenoxy) is 1. The number of amides is 2. The van der Waals surface area contributed by atoms with Gasteiger partial charge in [-0.25, -0.2) is 19.0 Å². The lowest BCUT2D eigenvalue weighted by atomic mass is 9.98. The Morgan fingerprint density at radius 1 is 1.21 bits per heavy atom. The summed E-state index contributed by atoms with van der Waals surface area (Å²) in [6.45, 7) is 5.22. The van der Waals surface area contributed by atoms with Crippen molar-refractivity contribution in [1.29, 1.82) is 0 Å². The van der Waals surface area contributed by atoms with E-state index in [2.05, 4.69) is 10.1 Å². The lowest BCUT2D eigenvalue weighted by molar-refractivity contribution is -0.155. The van der Waals surface area contributed by atoms with Gasteiger partial charge in [0, 0.05) is 36.3 Å². The van der Waals surface area contributed by atoms with Crippen LogP contribution in [0.1, 0.15) is 36.7 Å². The molecule has 2 aromatic heterocycles. The first-order valence-corrected chi connectivity index (χ1v) is 12.9. The van der Waals surface area contributed by atoms with Crippen LogP contribution in [0.5, 0.6) is 5.75 Å². The van der Waals surface area contributed by atoms with E-state index in [1.807, 2.05) is 32.2 Å².